The fraction of sp³-hybridized carbons (Fsp3) is 0.560. The number of rotatable bonds is 11. The molecule has 0 saturated carbocycles. The Labute approximate surface area is 190 Å². The Morgan fingerprint density at radius 3 is 2.69 bits per heavy atom. The monoisotopic (exact) mass is 440 g/mol. The Kier molecular flexibility index (Phi) is 8.85. The molecule has 2 N–H and O–H groups in total. The summed E-state index contributed by atoms with van der Waals surface area (Å²) in [4.78, 5) is 34.5. The van der Waals surface area contributed by atoms with Crippen molar-refractivity contribution in [3.05, 3.63) is 36.3 Å². The lowest BCUT2D eigenvalue weighted by atomic mass is 9.95. The van der Waals surface area contributed by atoms with Gasteiger partial charge >= 0.3 is 0 Å². The van der Waals surface area contributed by atoms with Gasteiger partial charge in [0.15, 0.2) is 0 Å². The molecule has 1 aliphatic heterocycles. The number of nitrogens with one attached hydrogen (secondary N) is 2. The summed E-state index contributed by atoms with van der Waals surface area (Å²) < 4.78 is 5.48. The van der Waals surface area contributed by atoms with Gasteiger partial charge in [-0.1, -0.05) is 25.0 Å². The number of amides is 1. The summed E-state index contributed by atoms with van der Waals surface area (Å²) in [5.74, 6) is 1.93. The minimum Gasteiger partial charge on any atom is -0.496 e. The van der Waals surface area contributed by atoms with Gasteiger partial charge in [0, 0.05) is 17.9 Å². The van der Waals surface area contributed by atoms with Crippen LogP contribution in [0.2, 0.25) is 0 Å². The first-order valence-electron chi connectivity index (χ1n) is 11.6. The fourth-order valence-electron chi connectivity index (χ4n) is 4.25. The molecule has 2 aromatic rings. The Hall–Kier alpha value is -2.67. The van der Waals surface area contributed by atoms with E-state index in [1.807, 2.05) is 24.3 Å². The van der Waals surface area contributed by atoms with Crippen molar-refractivity contribution in [1.29, 1.82) is 0 Å². The Balaban J connectivity index is 1.70. The van der Waals surface area contributed by atoms with Gasteiger partial charge in [0.2, 0.25) is 5.91 Å². The number of hydrogen-bond acceptors (Lipinski definition) is 5. The summed E-state index contributed by atoms with van der Waals surface area (Å²) in [6.45, 7) is 3.53. The van der Waals surface area contributed by atoms with Gasteiger partial charge in [0.1, 0.15) is 17.4 Å². The Bertz CT molecular complexity index is 887. The molecule has 3 rings (SSSR count). The number of nitrogens with zero attached hydrogens (tertiary/aromatic N) is 2. The first-order valence-corrected chi connectivity index (χ1v) is 11.6. The van der Waals surface area contributed by atoms with E-state index in [0.717, 1.165) is 74.4 Å². The van der Waals surface area contributed by atoms with E-state index in [0.29, 0.717) is 6.42 Å². The largest absolute Gasteiger partial charge is 0.496 e. The average Bonchev–Trinajstić information content (AvgIpc) is 3.28. The summed E-state index contributed by atoms with van der Waals surface area (Å²) in [6.07, 6.45) is 7.75. The number of H-pyrrole nitrogens is 1. The lowest BCUT2D eigenvalue weighted by Gasteiger charge is -2.29. The number of hydrogen-bond donors (Lipinski definition) is 2. The molecule has 1 unspecified atom stereocenters. The third-order valence-electron chi connectivity index (χ3n) is 6.25. The molecule has 0 bridgehead atoms. The van der Waals surface area contributed by atoms with Crippen LogP contribution in [-0.2, 0) is 9.59 Å². The summed E-state index contributed by atoms with van der Waals surface area (Å²) in [5, 5.41) is 3.26. The number of ketones is 1. The van der Waals surface area contributed by atoms with Gasteiger partial charge in [-0.15, -0.1) is 0 Å². The van der Waals surface area contributed by atoms with Gasteiger partial charge < -0.3 is 24.7 Å². The van der Waals surface area contributed by atoms with E-state index in [1.165, 1.54) is 0 Å². The molecule has 0 spiro atoms. The number of methoxy groups -OCH3 is 1. The molecule has 0 aliphatic carbocycles. The van der Waals surface area contributed by atoms with Crippen LogP contribution >= 0.6 is 0 Å². The fourth-order valence-corrected chi connectivity index (χ4v) is 4.25. The van der Waals surface area contributed by atoms with Crippen molar-refractivity contribution in [2.24, 2.45) is 5.92 Å². The molecule has 1 aromatic heterocycles. The van der Waals surface area contributed by atoms with Gasteiger partial charge in [0.25, 0.3) is 0 Å². The SMILES string of the molecule is COc1ccccc1-c1cnc(C(CCCCCC(C)=O)NC(=O)C2CCN(C)CC2)[nH]1. The number of Topliss-reactive ketones (excluding diaryl/α,β-unsaturated/α-hetero) is 1. The third-order valence-corrected chi connectivity index (χ3v) is 6.25. The van der Waals surface area contributed by atoms with Crippen molar-refractivity contribution in [2.45, 2.75) is 57.9 Å². The number of benzene rings is 1. The smallest absolute Gasteiger partial charge is 0.223 e. The number of carbonyl (C=O) groups excluding carboxylic acids is 2. The van der Waals surface area contributed by atoms with Crippen LogP contribution in [0.15, 0.2) is 30.5 Å². The molecule has 2 heterocycles. The molecule has 1 saturated heterocycles. The van der Waals surface area contributed by atoms with Gasteiger partial charge in [-0.2, -0.15) is 0 Å². The van der Waals surface area contributed by atoms with E-state index in [9.17, 15) is 9.59 Å². The topological polar surface area (TPSA) is 87.3 Å². The summed E-state index contributed by atoms with van der Waals surface area (Å²) in [6, 6.07) is 7.63. The minimum atomic E-state index is -0.178. The maximum absolute atomic E-state index is 13.0. The van der Waals surface area contributed by atoms with Crippen molar-refractivity contribution >= 4 is 11.7 Å². The van der Waals surface area contributed by atoms with Crippen molar-refractivity contribution in [1.82, 2.24) is 20.2 Å². The van der Waals surface area contributed by atoms with E-state index >= 15 is 0 Å². The summed E-state index contributed by atoms with van der Waals surface area (Å²) in [5.41, 5.74) is 1.81. The molecule has 1 aromatic carbocycles. The normalized spacial score (nSPS) is 16.0. The van der Waals surface area contributed by atoms with Crippen LogP contribution in [-0.4, -0.2) is 53.8 Å². The lowest BCUT2D eigenvalue weighted by Crippen LogP contribution is -2.40. The summed E-state index contributed by atoms with van der Waals surface area (Å²) >= 11 is 0. The highest BCUT2D eigenvalue weighted by atomic mass is 16.5. The highest BCUT2D eigenvalue weighted by molar-refractivity contribution is 5.79. The zero-order chi connectivity index (χ0) is 22.9. The number of imidazole rings is 1. The van der Waals surface area contributed by atoms with Crippen LogP contribution in [0.5, 0.6) is 5.75 Å². The molecule has 1 fully saturated rings. The second-order valence-electron chi connectivity index (χ2n) is 8.82. The molecule has 174 valence electrons. The van der Waals surface area contributed by atoms with E-state index < -0.39 is 0 Å². The molecule has 7 heteroatoms. The quantitative estimate of drug-likeness (QED) is 0.513. The first-order chi connectivity index (χ1) is 15.5. The predicted octanol–water partition coefficient (Wildman–Crippen LogP) is 4.12. The minimum absolute atomic E-state index is 0.0510. The van der Waals surface area contributed by atoms with E-state index in [2.05, 4.69) is 27.2 Å². The van der Waals surface area contributed by atoms with Crippen LogP contribution in [0.3, 0.4) is 0 Å². The van der Waals surface area contributed by atoms with Crippen LogP contribution in [0, 0.1) is 5.92 Å². The highest BCUT2D eigenvalue weighted by Gasteiger charge is 2.26. The second kappa shape index (κ2) is 11.8. The molecular weight excluding hydrogens is 404 g/mol. The van der Waals surface area contributed by atoms with Crippen molar-refractivity contribution < 1.29 is 14.3 Å². The van der Waals surface area contributed by atoms with E-state index in [-0.39, 0.29) is 23.7 Å². The van der Waals surface area contributed by atoms with Crippen molar-refractivity contribution in [2.75, 3.05) is 27.2 Å². The van der Waals surface area contributed by atoms with Crippen LogP contribution < -0.4 is 10.1 Å². The molecule has 1 aliphatic rings. The van der Waals surface area contributed by atoms with Crippen LogP contribution in [0.1, 0.15) is 63.7 Å². The van der Waals surface area contributed by atoms with Crippen LogP contribution in [0.4, 0.5) is 0 Å². The number of para-hydroxylation sites is 1. The summed E-state index contributed by atoms with van der Waals surface area (Å²) in [7, 11) is 3.75. The standard InChI is InChI=1S/C25H36N4O3/c1-18(30)9-5-4-6-11-21(28-25(31)19-13-15-29(2)16-14-19)24-26-17-22(27-24)20-10-7-8-12-23(20)32-3/h7-8,10,12,17,19,21H,4-6,9,11,13-16H2,1-3H3,(H,26,27)(H,28,31). The van der Waals surface area contributed by atoms with E-state index in [1.54, 1.807) is 20.2 Å². The molecule has 0 radical (unpaired) electrons. The molecule has 1 atom stereocenters. The van der Waals surface area contributed by atoms with Gasteiger partial charge in [-0.25, -0.2) is 4.98 Å². The zero-order valence-electron chi connectivity index (χ0n) is 19.5. The maximum atomic E-state index is 13.0. The maximum Gasteiger partial charge on any atom is 0.223 e. The number of unbranched alkanes of at least 4 members (excludes halogenated alkanes) is 2. The number of carbonyl (C=O) groups is 2. The molecular formula is C25H36N4O3. The number of aromatic nitrogens is 2. The third kappa shape index (κ3) is 6.66. The van der Waals surface area contributed by atoms with Gasteiger partial charge in [0.05, 0.1) is 25.0 Å². The first kappa shape index (κ1) is 24.0. The highest BCUT2D eigenvalue weighted by Crippen LogP contribution is 2.30. The number of ether oxygens (including phenoxy) is 1. The van der Waals surface area contributed by atoms with Gasteiger partial charge in [-0.05, 0) is 64.9 Å². The van der Waals surface area contributed by atoms with Crippen molar-refractivity contribution in [3.8, 4) is 17.0 Å². The zero-order valence-corrected chi connectivity index (χ0v) is 19.5. The molecule has 1 amide bonds. The van der Waals surface area contributed by atoms with E-state index in [4.69, 9.17) is 4.74 Å². The molecule has 7 nitrogen and oxygen atoms in total. The second-order valence-corrected chi connectivity index (χ2v) is 8.82. The molecule has 32 heavy (non-hydrogen) atoms. The Morgan fingerprint density at radius 1 is 1.22 bits per heavy atom. The lowest BCUT2D eigenvalue weighted by molar-refractivity contribution is -0.127. The number of piperidine rings is 1. The number of aromatic amines is 1. The average molecular weight is 441 g/mol. The van der Waals surface area contributed by atoms with Crippen LogP contribution in [0.25, 0.3) is 11.3 Å². The van der Waals surface area contributed by atoms with Crippen molar-refractivity contribution in [3.63, 3.8) is 0 Å². The predicted molar refractivity (Wildman–Crippen MR) is 125 cm³/mol. The number of likely N-dealkylation sites (tertiary alicyclic amines) is 1. The Morgan fingerprint density at radius 2 is 1.97 bits per heavy atom. The van der Waals surface area contributed by atoms with Gasteiger partial charge in [-0.3, -0.25) is 4.79 Å².